The van der Waals surface area contributed by atoms with Gasteiger partial charge in [-0.05, 0) is 59.0 Å². The molecule has 7 rings (SSSR count). The Morgan fingerprint density at radius 2 is 1.46 bits per heavy atom. The standard InChI is InChI=1S/C43H43N8O9P/c1-44-42(53)35-24-51(38(46-41(52)32-21-22-32)23-37(35)45-36-16-10-15-34(39(36)56-3)40-47-49-50(2)48-40)28-57-43(54)33-19-17-31(18-20-33)27-60-61(55,58-25-29-11-6-4-7-12-29)59-26-30-13-8-5-9-14-30/h4-20,23-24,32H,21-22,25-28H2,1-3H3,(H,44,53)(H,46,52). The van der Waals surface area contributed by atoms with E-state index in [9.17, 15) is 18.9 Å². The monoisotopic (exact) mass is 846 g/mol. The van der Waals surface area contributed by atoms with Crippen LogP contribution in [0.2, 0.25) is 0 Å². The van der Waals surface area contributed by atoms with Crippen LogP contribution in [0.4, 0.5) is 11.5 Å². The van der Waals surface area contributed by atoms with Crippen molar-refractivity contribution in [3.63, 3.8) is 0 Å². The highest BCUT2D eigenvalue weighted by Gasteiger charge is 2.31. The number of hydrogen-bond acceptors (Lipinski definition) is 13. The zero-order valence-electron chi connectivity index (χ0n) is 33.6. The number of hydrogen-bond donors (Lipinski definition) is 2. The van der Waals surface area contributed by atoms with E-state index >= 15 is 0 Å². The van der Waals surface area contributed by atoms with Crippen molar-refractivity contribution in [3.05, 3.63) is 149 Å². The van der Waals surface area contributed by atoms with Gasteiger partial charge in [-0.1, -0.05) is 78.9 Å². The molecule has 0 aliphatic heterocycles. The molecule has 18 heteroatoms. The molecule has 61 heavy (non-hydrogen) atoms. The predicted octanol–water partition coefficient (Wildman–Crippen LogP) is 6.50. The summed E-state index contributed by atoms with van der Waals surface area (Å²) in [7, 11) is 0.560. The second kappa shape index (κ2) is 19.5. The Balaban J connectivity index is 1.09. The van der Waals surface area contributed by atoms with Crippen molar-refractivity contribution in [3.8, 4) is 17.1 Å². The number of nitrogens with zero attached hydrogens (tertiary/aromatic N) is 6. The number of rotatable bonds is 18. The lowest BCUT2D eigenvalue weighted by Gasteiger charge is -2.18. The number of amides is 2. The third kappa shape index (κ3) is 11.1. The molecule has 1 aliphatic rings. The summed E-state index contributed by atoms with van der Waals surface area (Å²) in [4.78, 5) is 45.8. The Bertz CT molecular complexity index is 2570. The van der Waals surface area contributed by atoms with Gasteiger partial charge in [0.25, 0.3) is 5.91 Å². The summed E-state index contributed by atoms with van der Waals surface area (Å²) in [5.41, 5.74) is 3.39. The highest BCUT2D eigenvalue weighted by Crippen LogP contribution is 2.51. The molecule has 0 saturated heterocycles. The fourth-order valence-electron chi connectivity index (χ4n) is 5.97. The maximum absolute atomic E-state index is 13.7. The number of nitrogens with one attached hydrogen (secondary N) is 2. The third-order valence-corrected chi connectivity index (χ3v) is 10.7. The molecule has 2 aromatic heterocycles. The number of methoxy groups -OCH3 is 1. The molecule has 2 amide bonds. The number of para-hydroxylation sites is 1. The lowest BCUT2D eigenvalue weighted by Crippen LogP contribution is -2.29. The Kier molecular flexibility index (Phi) is 13.6. The number of carbonyl (C=O) groups excluding carboxylic acids is 3. The first-order valence-corrected chi connectivity index (χ1v) is 20.7. The van der Waals surface area contributed by atoms with Crippen LogP contribution in [0.25, 0.3) is 11.4 Å². The van der Waals surface area contributed by atoms with Crippen molar-refractivity contribution >= 4 is 37.1 Å². The highest BCUT2D eigenvalue weighted by molar-refractivity contribution is 7.48. The van der Waals surface area contributed by atoms with E-state index in [0.29, 0.717) is 28.4 Å². The minimum absolute atomic E-state index is 0.00901. The van der Waals surface area contributed by atoms with Gasteiger partial charge in [-0.25, -0.2) is 14.4 Å². The van der Waals surface area contributed by atoms with Crippen LogP contribution in [0.3, 0.4) is 0 Å². The van der Waals surface area contributed by atoms with Gasteiger partial charge >= 0.3 is 13.8 Å². The normalized spacial score (nSPS) is 12.8. The minimum Gasteiger partial charge on any atom is -0.494 e. The number of phosphoric ester groups is 1. The second-order valence-electron chi connectivity index (χ2n) is 13.8. The molecule has 0 bridgehead atoms. The van der Waals surface area contributed by atoms with Crippen molar-refractivity contribution in [2.45, 2.75) is 39.4 Å². The number of aromatic nitrogens is 5. The molecule has 2 N–H and O–H groups in total. The number of aryl methyl sites for hydroxylation is 1. The maximum atomic E-state index is 13.7. The minimum atomic E-state index is -4.04. The molecule has 0 atom stereocenters. The van der Waals surface area contributed by atoms with Crippen LogP contribution in [0, 0.1) is 5.92 Å². The molecule has 1 aliphatic carbocycles. The molecular weight excluding hydrogens is 803 g/mol. The number of anilines is 1. The van der Waals surface area contributed by atoms with Crippen LogP contribution in [-0.2, 0) is 61.3 Å². The van der Waals surface area contributed by atoms with Crippen LogP contribution >= 0.6 is 7.82 Å². The lowest BCUT2D eigenvalue weighted by atomic mass is 10.1. The third-order valence-electron chi connectivity index (χ3n) is 9.38. The van der Waals surface area contributed by atoms with Gasteiger partial charge in [0.15, 0.2) is 12.5 Å². The van der Waals surface area contributed by atoms with Crippen molar-refractivity contribution in [2.75, 3.05) is 19.5 Å². The largest absolute Gasteiger partial charge is 0.494 e. The van der Waals surface area contributed by atoms with Crippen molar-refractivity contribution in [1.29, 1.82) is 0 Å². The maximum Gasteiger partial charge on any atom is 0.475 e. The fraction of sp³-hybridized carbons (Fsp3) is 0.233. The van der Waals surface area contributed by atoms with Gasteiger partial charge in [0.2, 0.25) is 11.7 Å². The Hall–Kier alpha value is -6.78. The molecule has 0 unspecified atom stereocenters. The van der Waals surface area contributed by atoms with Gasteiger partial charge in [0, 0.05) is 25.2 Å². The van der Waals surface area contributed by atoms with Crippen LogP contribution in [0.5, 0.6) is 5.75 Å². The fourth-order valence-corrected chi connectivity index (χ4v) is 7.11. The van der Waals surface area contributed by atoms with Gasteiger partial charge in [0.1, 0.15) is 11.5 Å². The number of benzene rings is 4. The smallest absolute Gasteiger partial charge is 0.475 e. The number of esters is 1. The van der Waals surface area contributed by atoms with Gasteiger partial charge in [-0.2, -0.15) is 4.80 Å². The number of tetrazole rings is 1. The Labute approximate surface area is 350 Å². The van der Waals surface area contributed by atoms with E-state index in [0.717, 1.165) is 24.0 Å². The first-order chi connectivity index (χ1) is 29.6. The summed E-state index contributed by atoms with van der Waals surface area (Å²) < 4.78 is 43.8. The first-order valence-electron chi connectivity index (χ1n) is 19.2. The van der Waals surface area contributed by atoms with Crippen LogP contribution in [-0.4, -0.2) is 56.7 Å². The first kappa shape index (κ1) is 42.3. The molecule has 4 aromatic carbocycles. The quantitative estimate of drug-likeness (QED) is 0.0704. The average Bonchev–Trinajstić information content (AvgIpc) is 4.06. The Morgan fingerprint density at radius 1 is 0.836 bits per heavy atom. The van der Waals surface area contributed by atoms with Gasteiger partial charge < -0.3 is 20.1 Å². The Morgan fingerprint density at radius 3 is 2.02 bits per heavy atom. The molecule has 6 aromatic rings. The van der Waals surface area contributed by atoms with Crippen LogP contribution < -0.4 is 20.7 Å². The molecule has 314 valence electrons. The molecule has 17 nitrogen and oxygen atoms in total. The van der Waals surface area contributed by atoms with E-state index in [1.54, 1.807) is 37.4 Å². The van der Waals surface area contributed by atoms with Crippen molar-refractivity contribution in [1.82, 2.24) is 30.1 Å². The molecule has 0 radical (unpaired) electrons. The van der Waals surface area contributed by atoms with Gasteiger partial charge in [0.05, 0.1) is 56.0 Å². The SMILES string of the molecule is CNC(=O)c1cn(COC(=O)c2ccc(COP(=O)(OCc3ccccc3)OCc3ccccc3)cc2)c(NC(=O)C2CC2)cc1=Nc1cccc(-c2nnn(C)n2)c1OC. The summed E-state index contributed by atoms with van der Waals surface area (Å²) in [6.45, 7) is -0.487. The van der Waals surface area contributed by atoms with Gasteiger partial charge in [-0.15, -0.1) is 10.2 Å². The number of pyridine rings is 1. The highest BCUT2D eigenvalue weighted by atomic mass is 31.2. The topological polar surface area (TPSA) is 199 Å². The number of phosphoric acid groups is 1. The average molecular weight is 847 g/mol. The van der Waals surface area contributed by atoms with Crippen LogP contribution in [0.1, 0.15) is 50.2 Å². The summed E-state index contributed by atoms with van der Waals surface area (Å²) in [6.07, 6.45) is 2.94. The van der Waals surface area contributed by atoms with E-state index in [4.69, 9.17) is 28.0 Å². The molecule has 2 heterocycles. The van der Waals surface area contributed by atoms with Crippen molar-refractivity contribution in [2.24, 2.45) is 18.0 Å². The van der Waals surface area contributed by atoms with E-state index in [1.165, 1.54) is 47.9 Å². The van der Waals surface area contributed by atoms with E-state index in [-0.39, 0.29) is 60.7 Å². The van der Waals surface area contributed by atoms with E-state index < -0.39 is 19.7 Å². The molecule has 0 spiro atoms. The van der Waals surface area contributed by atoms with E-state index in [2.05, 4.69) is 26.0 Å². The van der Waals surface area contributed by atoms with Crippen molar-refractivity contribution < 1.29 is 42.0 Å². The predicted molar refractivity (Wildman–Crippen MR) is 222 cm³/mol. The number of ether oxygens (including phenoxy) is 2. The number of carbonyl (C=O) groups is 3. The second-order valence-corrected chi connectivity index (χ2v) is 15.5. The zero-order valence-corrected chi connectivity index (χ0v) is 34.5. The van der Waals surface area contributed by atoms with E-state index in [1.807, 2.05) is 60.7 Å². The summed E-state index contributed by atoms with van der Waals surface area (Å²) in [5, 5.41) is 18.0. The zero-order chi connectivity index (χ0) is 42.8. The summed E-state index contributed by atoms with van der Waals surface area (Å²) >= 11 is 0. The molecule has 1 fully saturated rings. The molecular formula is C43H43N8O9P. The van der Waals surface area contributed by atoms with Crippen LogP contribution in [0.15, 0.2) is 120 Å². The molecule has 1 saturated carbocycles. The summed E-state index contributed by atoms with van der Waals surface area (Å²) in [5.74, 6) is -0.650. The van der Waals surface area contributed by atoms with Gasteiger partial charge in [-0.3, -0.25) is 27.7 Å². The lowest BCUT2D eigenvalue weighted by molar-refractivity contribution is -0.117. The summed E-state index contributed by atoms with van der Waals surface area (Å²) in [6, 6.07) is 31.6.